The van der Waals surface area contributed by atoms with E-state index in [9.17, 15) is 19.5 Å². The minimum atomic E-state index is -0.887. The topological polar surface area (TPSA) is 120 Å². The molecule has 9 nitrogen and oxygen atoms in total. The second kappa shape index (κ2) is 15.7. The molecule has 0 radical (unpaired) electrons. The molecule has 1 aliphatic heterocycles. The first-order chi connectivity index (χ1) is 20.0. The molecule has 2 aromatic carbocycles. The van der Waals surface area contributed by atoms with Crippen molar-refractivity contribution in [3.63, 3.8) is 0 Å². The van der Waals surface area contributed by atoms with Gasteiger partial charge < -0.3 is 25.8 Å². The molecule has 0 aromatic heterocycles. The van der Waals surface area contributed by atoms with Gasteiger partial charge >= 0.3 is 6.09 Å². The minimum absolute atomic E-state index is 0.120. The molecule has 1 aliphatic rings. The predicted octanol–water partition coefficient (Wildman–Crippen LogP) is 3.65. The molecule has 0 aliphatic carbocycles. The highest BCUT2D eigenvalue weighted by Crippen LogP contribution is 2.23. The van der Waals surface area contributed by atoms with Crippen LogP contribution in [-0.2, 0) is 27.4 Å². The van der Waals surface area contributed by atoms with Crippen molar-refractivity contribution in [3.05, 3.63) is 71.8 Å². The van der Waals surface area contributed by atoms with Crippen LogP contribution in [0.2, 0.25) is 0 Å². The summed E-state index contributed by atoms with van der Waals surface area (Å²) in [4.78, 5) is 41.6. The van der Waals surface area contributed by atoms with E-state index in [4.69, 9.17) is 4.74 Å². The van der Waals surface area contributed by atoms with E-state index in [1.54, 1.807) is 0 Å². The third kappa shape index (κ3) is 10.1. The number of likely N-dealkylation sites (tertiary alicyclic amines) is 1. The van der Waals surface area contributed by atoms with Gasteiger partial charge in [0, 0.05) is 13.1 Å². The van der Waals surface area contributed by atoms with Crippen molar-refractivity contribution >= 4 is 17.9 Å². The van der Waals surface area contributed by atoms with Crippen LogP contribution in [0.4, 0.5) is 4.79 Å². The second-order valence-corrected chi connectivity index (χ2v) is 12.6. The molecule has 2 aromatic rings. The van der Waals surface area contributed by atoms with Gasteiger partial charge in [-0.2, -0.15) is 0 Å². The summed E-state index contributed by atoms with van der Waals surface area (Å²) in [6.45, 7) is 11.4. The number of rotatable bonds is 13. The summed E-state index contributed by atoms with van der Waals surface area (Å²) in [6.07, 6.45) is 0.203. The molecule has 0 saturated carbocycles. The van der Waals surface area contributed by atoms with Crippen molar-refractivity contribution < 1.29 is 24.2 Å². The van der Waals surface area contributed by atoms with Gasteiger partial charge in [0.2, 0.25) is 11.8 Å². The number of amides is 3. The van der Waals surface area contributed by atoms with E-state index in [0.717, 1.165) is 17.7 Å². The first kappa shape index (κ1) is 33.1. The van der Waals surface area contributed by atoms with Crippen LogP contribution in [0.3, 0.4) is 0 Å². The Kier molecular flexibility index (Phi) is 12.4. The predicted molar refractivity (Wildman–Crippen MR) is 164 cm³/mol. The van der Waals surface area contributed by atoms with Gasteiger partial charge in [0.05, 0.1) is 12.1 Å². The lowest BCUT2D eigenvalue weighted by atomic mass is 9.85. The molecule has 42 heavy (non-hydrogen) atoms. The van der Waals surface area contributed by atoms with Crippen molar-refractivity contribution in [3.8, 4) is 0 Å². The Balaban J connectivity index is 1.68. The van der Waals surface area contributed by atoms with Gasteiger partial charge in [-0.1, -0.05) is 95.3 Å². The minimum Gasteiger partial charge on any atom is -0.445 e. The summed E-state index contributed by atoms with van der Waals surface area (Å²) in [5.74, 6) is -0.348. The lowest BCUT2D eigenvalue weighted by Crippen LogP contribution is -2.60. The van der Waals surface area contributed by atoms with Crippen LogP contribution in [0.5, 0.6) is 0 Å². The van der Waals surface area contributed by atoms with E-state index in [1.807, 2.05) is 81.4 Å². The Labute approximate surface area is 250 Å². The molecule has 9 heteroatoms. The van der Waals surface area contributed by atoms with Crippen LogP contribution < -0.4 is 16.0 Å². The number of nitrogens with zero attached hydrogens (tertiary/aromatic N) is 1. The molecular weight excluding hydrogens is 532 g/mol. The van der Waals surface area contributed by atoms with Gasteiger partial charge in [-0.25, -0.2) is 4.79 Å². The Hall–Kier alpha value is -3.43. The fourth-order valence-electron chi connectivity index (χ4n) is 5.05. The molecule has 0 bridgehead atoms. The number of hydrogen-bond acceptors (Lipinski definition) is 6. The number of aliphatic hydroxyl groups is 1. The summed E-state index contributed by atoms with van der Waals surface area (Å²) in [6, 6.07) is 16.9. The highest BCUT2D eigenvalue weighted by Gasteiger charge is 2.40. The Morgan fingerprint density at radius 2 is 1.57 bits per heavy atom. The quantitative estimate of drug-likeness (QED) is 0.287. The van der Waals surface area contributed by atoms with Crippen molar-refractivity contribution in [2.24, 2.45) is 11.3 Å². The first-order valence-corrected chi connectivity index (χ1v) is 15.0. The van der Waals surface area contributed by atoms with E-state index in [2.05, 4.69) is 29.8 Å². The normalized spacial score (nSPS) is 17.4. The first-order valence-electron chi connectivity index (χ1n) is 15.0. The molecule has 230 valence electrons. The highest BCUT2D eigenvalue weighted by molar-refractivity contribution is 5.92. The maximum Gasteiger partial charge on any atom is 0.410 e. The second-order valence-electron chi connectivity index (χ2n) is 12.6. The van der Waals surface area contributed by atoms with E-state index in [-0.39, 0.29) is 12.5 Å². The number of nitrogens with one attached hydrogen (secondary N) is 3. The maximum absolute atomic E-state index is 13.7. The smallest absolute Gasteiger partial charge is 0.410 e. The molecule has 0 spiro atoms. The van der Waals surface area contributed by atoms with Crippen LogP contribution >= 0.6 is 0 Å². The lowest BCUT2D eigenvalue weighted by molar-refractivity contribution is -0.134. The Bertz CT molecular complexity index is 1140. The summed E-state index contributed by atoms with van der Waals surface area (Å²) >= 11 is 0. The van der Waals surface area contributed by atoms with E-state index < -0.39 is 41.6 Å². The molecule has 4 N–H and O–H groups in total. The maximum atomic E-state index is 13.7. The van der Waals surface area contributed by atoms with Crippen LogP contribution in [-0.4, -0.2) is 71.8 Å². The number of carbonyl (C=O) groups excluding carboxylic acids is 3. The van der Waals surface area contributed by atoms with E-state index in [0.29, 0.717) is 38.3 Å². The molecule has 4 atom stereocenters. The summed E-state index contributed by atoms with van der Waals surface area (Å²) in [5.41, 5.74) is 1.22. The number of benzene rings is 2. The van der Waals surface area contributed by atoms with Gasteiger partial charge in [-0.3, -0.25) is 14.5 Å². The average molecular weight is 581 g/mol. The standard InChI is InChI=1S/C33H48N4O5/c1-23(2)20-34-21-28(38)26(19-24-13-8-6-9-14-24)35-31(40)29(33(3,4)5)36-30(39)27-17-12-18-37(27)32(41)42-22-25-15-10-7-11-16-25/h6-11,13-16,23,26-29,34,38H,12,17-22H2,1-5H3,(H,35,40)(H,36,39)/t26-,27?,28+,29+/m0/s1. The van der Waals surface area contributed by atoms with Crippen molar-refractivity contribution in [2.45, 2.75) is 84.7 Å². The Morgan fingerprint density at radius 3 is 2.17 bits per heavy atom. The zero-order chi connectivity index (χ0) is 30.7. The largest absolute Gasteiger partial charge is 0.445 e. The van der Waals surface area contributed by atoms with Crippen molar-refractivity contribution in [1.82, 2.24) is 20.9 Å². The molecular formula is C33H48N4O5. The SMILES string of the molecule is CC(C)CNC[C@@H](O)[C@H](Cc1ccccc1)NC(=O)[C@@H](NC(=O)C1CCCN1C(=O)OCc1ccccc1)C(C)(C)C. The van der Waals surface area contributed by atoms with Crippen LogP contribution in [0.25, 0.3) is 0 Å². The zero-order valence-corrected chi connectivity index (χ0v) is 25.6. The monoisotopic (exact) mass is 580 g/mol. The third-order valence-corrected chi connectivity index (χ3v) is 7.41. The fourth-order valence-corrected chi connectivity index (χ4v) is 5.05. The van der Waals surface area contributed by atoms with Crippen LogP contribution in [0, 0.1) is 11.3 Å². The number of aliphatic hydroxyl groups excluding tert-OH is 1. The highest BCUT2D eigenvalue weighted by atomic mass is 16.6. The van der Waals surface area contributed by atoms with Crippen LogP contribution in [0.15, 0.2) is 60.7 Å². The number of carbonyl (C=O) groups is 3. The van der Waals surface area contributed by atoms with Crippen LogP contribution in [0.1, 0.15) is 58.6 Å². The van der Waals surface area contributed by atoms with Gasteiger partial charge in [0.15, 0.2) is 0 Å². The molecule has 3 amide bonds. The lowest BCUT2D eigenvalue weighted by Gasteiger charge is -2.34. The zero-order valence-electron chi connectivity index (χ0n) is 25.6. The Morgan fingerprint density at radius 1 is 0.952 bits per heavy atom. The summed E-state index contributed by atoms with van der Waals surface area (Å²) < 4.78 is 5.49. The van der Waals surface area contributed by atoms with E-state index in [1.165, 1.54) is 4.90 Å². The fraction of sp³-hybridized carbons (Fsp3) is 0.545. The van der Waals surface area contributed by atoms with Gasteiger partial charge in [-0.15, -0.1) is 0 Å². The molecule has 1 fully saturated rings. The van der Waals surface area contributed by atoms with Crippen molar-refractivity contribution in [2.75, 3.05) is 19.6 Å². The molecule has 1 unspecified atom stereocenters. The average Bonchev–Trinajstić information content (AvgIpc) is 3.45. The van der Waals surface area contributed by atoms with Gasteiger partial charge in [0.1, 0.15) is 18.7 Å². The third-order valence-electron chi connectivity index (χ3n) is 7.41. The summed E-state index contributed by atoms with van der Waals surface area (Å²) in [5, 5.41) is 20.3. The summed E-state index contributed by atoms with van der Waals surface area (Å²) in [7, 11) is 0. The molecule has 1 saturated heterocycles. The van der Waals surface area contributed by atoms with Crippen molar-refractivity contribution in [1.29, 1.82) is 0 Å². The number of hydrogen-bond donors (Lipinski definition) is 4. The molecule has 1 heterocycles. The van der Waals surface area contributed by atoms with Gasteiger partial charge in [-0.05, 0) is 48.3 Å². The number of ether oxygens (including phenoxy) is 1. The van der Waals surface area contributed by atoms with E-state index >= 15 is 0 Å². The molecule has 3 rings (SSSR count). The van der Waals surface area contributed by atoms with Gasteiger partial charge in [0.25, 0.3) is 0 Å².